The molecule has 0 unspecified atom stereocenters. The van der Waals surface area contributed by atoms with Crippen molar-refractivity contribution in [2.45, 2.75) is 25.3 Å². The summed E-state index contributed by atoms with van der Waals surface area (Å²) < 4.78 is 5.39. The summed E-state index contributed by atoms with van der Waals surface area (Å²) in [6, 6.07) is 25.9. The van der Waals surface area contributed by atoms with Crippen LogP contribution in [-0.2, 0) is 26.3 Å². The number of carbonyl (C=O) groups is 3. The normalized spacial score (nSPS) is 19.8. The number of ether oxygens (including phenoxy) is 1. The summed E-state index contributed by atoms with van der Waals surface area (Å²) in [5, 5.41) is 0. The number of nitrogens with zero attached hydrogens (tertiary/aromatic N) is 1. The number of para-hydroxylation sites is 1. The van der Waals surface area contributed by atoms with E-state index in [0.717, 1.165) is 5.56 Å². The Morgan fingerprint density at radius 2 is 1.53 bits per heavy atom. The molecule has 1 amide bonds. The van der Waals surface area contributed by atoms with Crippen LogP contribution in [0.2, 0.25) is 0 Å². The summed E-state index contributed by atoms with van der Waals surface area (Å²) in [4.78, 5) is 42.1. The minimum absolute atomic E-state index is 0.180. The predicted octanol–water partition coefficient (Wildman–Crippen LogP) is 4.58. The van der Waals surface area contributed by atoms with Crippen LogP contribution in [0, 0.1) is 0 Å². The molecule has 5 heteroatoms. The Morgan fingerprint density at radius 1 is 0.906 bits per heavy atom. The SMILES string of the molecule is CC1=C(C(=O)c2ccccc2)[C@@]2(CC(=O)O1)C(=O)N(Cc1ccccc1)c1ccccc12. The van der Waals surface area contributed by atoms with Crippen molar-refractivity contribution in [2.24, 2.45) is 0 Å². The Bertz CT molecular complexity index is 1260. The molecule has 2 aliphatic heterocycles. The highest BCUT2D eigenvalue weighted by atomic mass is 16.5. The summed E-state index contributed by atoms with van der Waals surface area (Å²) in [5.74, 6) is -0.921. The number of fused-ring (bicyclic) bond motifs is 2. The van der Waals surface area contributed by atoms with Crippen molar-refractivity contribution in [1.29, 1.82) is 0 Å². The van der Waals surface area contributed by atoms with Crippen LogP contribution in [0.25, 0.3) is 0 Å². The Balaban J connectivity index is 1.70. The average molecular weight is 423 g/mol. The lowest BCUT2D eigenvalue weighted by atomic mass is 9.68. The van der Waals surface area contributed by atoms with E-state index >= 15 is 0 Å². The van der Waals surface area contributed by atoms with Crippen LogP contribution in [0.1, 0.15) is 34.8 Å². The highest BCUT2D eigenvalue weighted by Crippen LogP contribution is 2.52. The molecule has 0 aliphatic carbocycles. The third-order valence-electron chi connectivity index (χ3n) is 6.17. The van der Waals surface area contributed by atoms with Crippen LogP contribution in [0.5, 0.6) is 0 Å². The van der Waals surface area contributed by atoms with Gasteiger partial charge in [0.25, 0.3) is 0 Å². The van der Waals surface area contributed by atoms with E-state index in [1.54, 1.807) is 36.1 Å². The first kappa shape index (κ1) is 19.9. The zero-order valence-corrected chi connectivity index (χ0v) is 17.6. The second kappa shape index (κ2) is 7.61. The Morgan fingerprint density at radius 3 is 2.25 bits per heavy atom. The number of Topliss-reactive ketones (excluding diaryl/α,β-unsaturated/α-hetero) is 1. The van der Waals surface area contributed by atoms with E-state index in [9.17, 15) is 14.4 Å². The van der Waals surface area contributed by atoms with Crippen LogP contribution in [-0.4, -0.2) is 17.7 Å². The van der Waals surface area contributed by atoms with Crippen LogP contribution in [0.3, 0.4) is 0 Å². The minimum Gasteiger partial charge on any atom is -0.431 e. The topological polar surface area (TPSA) is 63.7 Å². The number of cyclic esters (lactones) is 1. The minimum atomic E-state index is -1.41. The lowest BCUT2D eigenvalue weighted by molar-refractivity contribution is -0.144. The maximum atomic E-state index is 14.1. The van der Waals surface area contributed by atoms with Gasteiger partial charge < -0.3 is 9.64 Å². The lowest BCUT2D eigenvalue weighted by Crippen LogP contribution is -2.48. The van der Waals surface area contributed by atoms with Crippen LogP contribution < -0.4 is 4.90 Å². The van der Waals surface area contributed by atoms with Gasteiger partial charge in [0.2, 0.25) is 5.91 Å². The number of amides is 1. The van der Waals surface area contributed by atoms with Crippen molar-refractivity contribution in [3.05, 3.63) is 113 Å². The van der Waals surface area contributed by atoms with Crippen LogP contribution in [0.4, 0.5) is 5.69 Å². The van der Waals surface area contributed by atoms with E-state index in [1.807, 2.05) is 60.7 Å². The van der Waals surface area contributed by atoms with Gasteiger partial charge in [0.05, 0.1) is 18.5 Å². The molecular weight excluding hydrogens is 402 g/mol. The molecule has 0 N–H and O–H groups in total. The third-order valence-corrected chi connectivity index (χ3v) is 6.17. The number of benzene rings is 3. The molecule has 32 heavy (non-hydrogen) atoms. The van der Waals surface area contributed by atoms with Crippen molar-refractivity contribution in [3.8, 4) is 0 Å². The third kappa shape index (κ3) is 2.97. The van der Waals surface area contributed by atoms with E-state index in [0.29, 0.717) is 23.4 Å². The Labute approximate surface area is 185 Å². The predicted molar refractivity (Wildman–Crippen MR) is 120 cm³/mol. The highest BCUT2D eigenvalue weighted by Gasteiger charge is 2.59. The molecule has 5 nitrogen and oxygen atoms in total. The van der Waals surface area contributed by atoms with Gasteiger partial charge in [-0.3, -0.25) is 14.4 Å². The van der Waals surface area contributed by atoms with Crippen molar-refractivity contribution >= 4 is 23.3 Å². The number of esters is 1. The standard InChI is InChI=1S/C27H21NO4/c1-18-24(25(30)20-12-6-3-7-13-20)27(16-23(29)32-18)21-14-8-9-15-22(21)28(26(27)31)17-19-10-4-2-5-11-19/h2-15H,16-17H2,1H3/t27-/m0/s1. The van der Waals surface area contributed by atoms with Gasteiger partial charge in [-0.05, 0) is 24.1 Å². The smallest absolute Gasteiger partial charge is 0.312 e. The molecule has 158 valence electrons. The monoisotopic (exact) mass is 423 g/mol. The molecule has 0 fully saturated rings. The summed E-state index contributed by atoms with van der Waals surface area (Å²) in [6.07, 6.45) is -0.209. The van der Waals surface area contributed by atoms with Gasteiger partial charge in [-0.1, -0.05) is 78.9 Å². The van der Waals surface area contributed by atoms with Gasteiger partial charge in [-0.2, -0.15) is 0 Å². The molecular formula is C27H21NO4. The number of hydrogen-bond donors (Lipinski definition) is 0. The van der Waals surface area contributed by atoms with Gasteiger partial charge in [0, 0.05) is 11.3 Å². The molecule has 1 atom stereocenters. The summed E-state index contributed by atoms with van der Waals surface area (Å²) in [6.45, 7) is 1.93. The molecule has 0 bridgehead atoms. The number of carbonyl (C=O) groups excluding carboxylic acids is 3. The zero-order chi connectivity index (χ0) is 22.3. The van der Waals surface area contributed by atoms with Gasteiger partial charge in [0.1, 0.15) is 11.2 Å². The average Bonchev–Trinajstić information content (AvgIpc) is 3.03. The van der Waals surface area contributed by atoms with Gasteiger partial charge in [-0.25, -0.2) is 0 Å². The molecule has 1 spiro atoms. The molecule has 2 heterocycles. The first-order chi connectivity index (χ1) is 15.5. The second-order valence-electron chi connectivity index (χ2n) is 8.08. The molecule has 5 rings (SSSR count). The van der Waals surface area contributed by atoms with E-state index in [1.165, 1.54) is 0 Å². The van der Waals surface area contributed by atoms with E-state index in [2.05, 4.69) is 0 Å². The maximum absolute atomic E-state index is 14.1. The van der Waals surface area contributed by atoms with Crippen molar-refractivity contribution in [3.63, 3.8) is 0 Å². The van der Waals surface area contributed by atoms with E-state index in [-0.39, 0.29) is 29.4 Å². The first-order valence-electron chi connectivity index (χ1n) is 10.5. The van der Waals surface area contributed by atoms with Gasteiger partial charge in [0.15, 0.2) is 5.78 Å². The van der Waals surface area contributed by atoms with Crippen molar-refractivity contribution < 1.29 is 19.1 Å². The Kier molecular flexibility index (Phi) is 4.74. The zero-order valence-electron chi connectivity index (χ0n) is 17.6. The molecule has 3 aromatic rings. The summed E-state index contributed by atoms with van der Waals surface area (Å²) in [5.41, 5.74) is 1.61. The van der Waals surface area contributed by atoms with Gasteiger partial charge >= 0.3 is 5.97 Å². The fraction of sp³-hybridized carbons (Fsp3) is 0.148. The van der Waals surface area contributed by atoms with Crippen LogP contribution in [0.15, 0.2) is 96.3 Å². The summed E-state index contributed by atoms with van der Waals surface area (Å²) >= 11 is 0. The number of rotatable bonds is 4. The number of anilines is 1. The van der Waals surface area contributed by atoms with E-state index < -0.39 is 11.4 Å². The number of ketones is 1. The quantitative estimate of drug-likeness (QED) is 0.455. The molecule has 0 saturated carbocycles. The highest BCUT2D eigenvalue weighted by molar-refractivity contribution is 6.22. The first-order valence-corrected chi connectivity index (χ1v) is 10.5. The maximum Gasteiger partial charge on any atom is 0.312 e. The largest absolute Gasteiger partial charge is 0.431 e. The van der Waals surface area contributed by atoms with Crippen molar-refractivity contribution in [1.82, 2.24) is 0 Å². The lowest BCUT2D eigenvalue weighted by Gasteiger charge is -2.34. The van der Waals surface area contributed by atoms with Crippen molar-refractivity contribution in [2.75, 3.05) is 4.90 Å². The number of hydrogen-bond acceptors (Lipinski definition) is 4. The molecule has 2 aliphatic rings. The molecule has 3 aromatic carbocycles. The molecule has 0 saturated heterocycles. The Hall–Kier alpha value is -3.99. The molecule has 0 aromatic heterocycles. The number of allylic oxidation sites excluding steroid dienone is 1. The molecule has 0 radical (unpaired) electrons. The van der Waals surface area contributed by atoms with E-state index in [4.69, 9.17) is 4.74 Å². The fourth-order valence-electron chi connectivity index (χ4n) is 4.81. The van der Waals surface area contributed by atoms with Gasteiger partial charge in [-0.15, -0.1) is 0 Å². The fourth-order valence-corrected chi connectivity index (χ4v) is 4.81. The summed E-state index contributed by atoms with van der Waals surface area (Å²) in [7, 11) is 0. The second-order valence-corrected chi connectivity index (χ2v) is 8.08. The van der Waals surface area contributed by atoms with Crippen LogP contribution >= 0.6 is 0 Å².